The standard InChI is InChI=1S/C15H23N.C14H21N.C12H26N2.2C11H24N2.2C10H22N2.C9H19NO2S.C9H19N/c1-13(2)15-8-10-16(11-9-15)12-14-6-4-3-5-7-14;1-12(2)14-8-9-15(11-14)10-13-6-4-3-5-7-13;1-12(2)6-4-8-14-9-5-7-13(3)10-11-14;1-11(2)5-8-13-7-4-6-12(3)9-10-13;1-11(2)5-4-6-13-9-7-12(3)8-10-13;1-9(2)7-10-8-11(3)5-6-12(10)4;1-10(2)4-5-12-8-6-11(3)7-9-12;1-9(2)3-4-10-5-7-13(11,12)8-6-10;1-8(2)9-4-6-10(3)7-5-9/h3-7,13,15H,8-12H2,1-2H3;3-7,12,14H,8-11H2,1-2H3;12H,4-11H2,1-3H3;2*11H,4-10H2,1-3H3;9-10H,5-8H2,1-4H3;10H,4-9H2,1-3H3;9H,3-8H2,1-2H3;8-9H,4-7H2,1-3H3. The molecule has 0 bridgehead atoms. The lowest BCUT2D eigenvalue weighted by Gasteiger charge is -2.38. The highest BCUT2D eigenvalue weighted by atomic mass is 32.2. The van der Waals surface area contributed by atoms with Gasteiger partial charge in [-0.2, -0.15) is 0 Å². The molecule has 0 aliphatic carbocycles. The predicted molar refractivity (Wildman–Crippen MR) is 519 cm³/mol. The highest BCUT2D eigenvalue weighted by molar-refractivity contribution is 7.91. The zero-order valence-corrected chi connectivity index (χ0v) is 83.6. The van der Waals surface area contributed by atoms with Gasteiger partial charge in [0.15, 0.2) is 9.84 Å². The van der Waals surface area contributed by atoms with Gasteiger partial charge in [0.05, 0.1) is 11.5 Å². The maximum atomic E-state index is 11.1. The van der Waals surface area contributed by atoms with E-state index in [4.69, 9.17) is 0 Å². The highest BCUT2D eigenvalue weighted by Gasteiger charge is 2.27. The van der Waals surface area contributed by atoms with E-state index in [9.17, 15) is 8.42 Å². The summed E-state index contributed by atoms with van der Waals surface area (Å²) < 4.78 is 22.2. The summed E-state index contributed by atoms with van der Waals surface area (Å²) in [5, 5.41) is 0. The minimum absolute atomic E-state index is 0.352. The van der Waals surface area contributed by atoms with E-state index < -0.39 is 9.84 Å². The SMILES string of the molecule is CC(C)C1CCN(C)CC1.CC(C)C1CCN(Cc2ccccc2)C1.CC(C)C1CCN(Cc2ccccc2)CC1.CC(C)CC1CN(C)CCN1C.CC(C)CCCN1CCCN(C)CC1.CC(C)CCCN1CCN(C)CC1.CC(C)CCN1CCCN(C)CC1.CC(C)CCN1CCN(C)CC1.CC(C)CCN1CCS(=O)(=O)CC1. The number of likely N-dealkylation sites (N-methyl/N-ethyl adjacent to an activating group) is 6. The molecule has 9 aliphatic heterocycles. The Morgan fingerprint density at radius 2 is 0.602 bits per heavy atom. The Morgan fingerprint density at radius 1 is 0.288 bits per heavy atom. The first-order chi connectivity index (χ1) is 56.0. The Bertz CT molecular complexity index is 2710. The van der Waals surface area contributed by atoms with Crippen LogP contribution in [-0.2, 0) is 22.9 Å². The minimum Gasteiger partial charge on any atom is -0.306 e. The molecule has 0 saturated carbocycles. The van der Waals surface area contributed by atoms with Gasteiger partial charge < -0.3 is 58.8 Å². The molecular formula is C101H200N14O2S. The fraction of sp³-hybridized carbons (Fsp3) is 0.881. The summed E-state index contributed by atoms with van der Waals surface area (Å²) >= 11 is 0. The number of piperazine rings is 3. The molecule has 692 valence electrons. The number of hydrogen-bond acceptors (Lipinski definition) is 16. The van der Waals surface area contributed by atoms with Crippen molar-refractivity contribution in [2.24, 2.45) is 71.0 Å². The lowest BCUT2D eigenvalue weighted by atomic mass is 9.86. The van der Waals surface area contributed by atoms with Crippen molar-refractivity contribution in [3.63, 3.8) is 0 Å². The second kappa shape index (κ2) is 64.5. The van der Waals surface area contributed by atoms with Crippen molar-refractivity contribution in [2.75, 3.05) is 270 Å². The molecule has 16 nitrogen and oxygen atoms in total. The Kier molecular flexibility index (Phi) is 60.2. The van der Waals surface area contributed by atoms with Crippen molar-refractivity contribution in [3.8, 4) is 0 Å². The maximum Gasteiger partial charge on any atom is 0.152 e. The molecule has 9 aliphatic rings. The zero-order chi connectivity index (χ0) is 87.4. The molecule has 0 amide bonds. The number of piperidine rings is 2. The van der Waals surface area contributed by atoms with Gasteiger partial charge in [0.25, 0.3) is 0 Å². The maximum absolute atomic E-state index is 11.1. The topological polar surface area (TPSA) is 79.5 Å². The second-order valence-electron chi connectivity index (χ2n) is 41.7. The summed E-state index contributed by atoms with van der Waals surface area (Å²) in [7, 11) is 12.9. The fourth-order valence-corrected chi connectivity index (χ4v) is 18.4. The van der Waals surface area contributed by atoms with E-state index in [1.165, 1.54) is 297 Å². The molecule has 2 aromatic carbocycles. The number of likely N-dealkylation sites (tertiary alicyclic amines) is 3. The Morgan fingerprint density at radius 3 is 0.975 bits per heavy atom. The van der Waals surface area contributed by atoms with Gasteiger partial charge in [0.2, 0.25) is 0 Å². The molecule has 11 rings (SSSR count). The van der Waals surface area contributed by atoms with E-state index in [2.05, 4.69) is 303 Å². The van der Waals surface area contributed by atoms with Crippen LogP contribution in [0.3, 0.4) is 0 Å². The quantitative estimate of drug-likeness (QED) is 0.0896. The lowest BCUT2D eigenvalue weighted by molar-refractivity contribution is 0.100. The molecule has 0 N–H and O–H groups in total. The van der Waals surface area contributed by atoms with E-state index in [1.807, 2.05) is 0 Å². The average molecular weight is 1670 g/mol. The molecule has 9 saturated heterocycles. The number of sulfone groups is 1. The largest absolute Gasteiger partial charge is 0.306 e. The van der Waals surface area contributed by atoms with E-state index in [0.717, 1.165) is 104 Å². The first kappa shape index (κ1) is 110. The third-order valence-corrected chi connectivity index (χ3v) is 28.2. The Hall–Kier alpha value is -2.17. The summed E-state index contributed by atoms with van der Waals surface area (Å²) in [6, 6.07) is 22.4. The lowest BCUT2D eigenvalue weighted by Crippen LogP contribution is -2.50. The Labute approximate surface area is 735 Å². The van der Waals surface area contributed by atoms with E-state index in [0.29, 0.717) is 17.4 Å². The van der Waals surface area contributed by atoms with Crippen molar-refractivity contribution in [1.29, 1.82) is 0 Å². The summed E-state index contributed by atoms with van der Waals surface area (Å²) in [5.41, 5.74) is 2.90. The molecule has 118 heavy (non-hydrogen) atoms. The molecule has 2 atom stereocenters. The van der Waals surface area contributed by atoms with Crippen LogP contribution in [0.1, 0.15) is 232 Å². The number of nitrogens with zero attached hydrogens (tertiary/aromatic N) is 14. The predicted octanol–water partition coefficient (Wildman–Crippen LogP) is 17.4. The summed E-state index contributed by atoms with van der Waals surface area (Å²) in [5.74, 6) is 11.1. The van der Waals surface area contributed by atoms with Gasteiger partial charge >= 0.3 is 0 Å². The first-order valence-electron chi connectivity index (χ1n) is 49.2. The van der Waals surface area contributed by atoms with Crippen molar-refractivity contribution >= 4 is 9.84 Å². The normalized spacial score (nSPS) is 22.5. The van der Waals surface area contributed by atoms with Gasteiger partial charge in [-0.3, -0.25) is 9.80 Å². The van der Waals surface area contributed by atoms with Gasteiger partial charge in [0.1, 0.15) is 0 Å². The molecule has 0 spiro atoms. The Balaban J connectivity index is 0.000000344. The van der Waals surface area contributed by atoms with E-state index in [1.54, 1.807) is 0 Å². The minimum atomic E-state index is -2.70. The van der Waals surface area contributed by atoms with Gasteiger partial charge in [-0.1, -0.05) is 185 Å². The summed E-state index contributed by atoms with van der Waals surface area (Å²) in [4.78, 5) is 34.9. The van der Waals surface area contributed by atoms with Crippen molar-refractivity contribution < 1.29 is 8.42 Å². The van der Waals surface area contributed by atoms with Gasteiger partial charge in [-0.25, -0.2) is 8.42 Å². The van der Waals surface area contributed by atoms with Crippen LogP contribution in [-0.4, -0.2) is 353 Å². The van der Waals surface area contributed by atoms with Crippen molar-refractivity contribution in [2.45, 2.75) is 240 Å². The van der Waals surface area contributed by atoms with Gasteiger partial charge in [0, 0.05) is 137 Å². The van der Waals surface area contributed by atoms with Gasteiger partial charge in [-0.05, 0) is 319 Å². The van der Waals surface area contributed by atoms with Crippen LogP contribution in [0.4, 0.5) is 0 Å². The van der Waals surface area contributed by atoms with Crippen LogP contribution in [0.15, 0.2) is 60.7 Å². The van der Waals surface area contributed by atoms with E-state index >= 15 is 0 Å². The molecule has 0 radical (unpaired) electrons. The van der Waals surface area contributed by atoms with Crippen molar-refractivity contribution in [3.05, 3.63) is 71.8 Å². The van der Waals surface area contributed by atoms with E-state index in [-0.39, 0.29) is 0 Å². The fourth-order valence-electron chi connectivity index (χ4n) is 17.1. The van der Waals surface area contributed by atoms with Crippen LogP contribution < -0.4 is 0 Å². The second-order valence-corrected chi connectivity index (χ2v) is 44.0. The highest BCUT2D eigenvalue weighted by Crippen LogP contribution is 2.28. The van der Waals surface area contributed by atoms with Crippen LogP contribution >= 0.6 is 0 Å². The average Bonchev–Trinajstić information content (AvgIpc) is 1.60. The van der Waals surface area contributed by atoms with Crippen LogP contribution in [0.2, 0.25) is 0 Å². The van der Waals surface area contributed by atoms with Crippen molar-refractivity contribution in [1.82, 2.24) is 68.6 Å². The smallest absolute Gasteiger partial charge is 0.152 e. The van der Waals surface area contributed by atoms with Crippen LogP contribution in [0, 0.1) is 71.0 Å². The van der Waals surface area contributed by atoms with Crippen LogP contribution in [0.25, 0.3) is 0 Å². The molecular weight excluding hydrogens is 1470 g/mol. The van der Waals surface area contributed by atoms with Gasteiger partial charge in [-0.15, -0.1) is 0 Å². The molecule has 9 heterocycles. The number of hydrogen-bond donors (Lipinski definition) is 0. The molecule has 9 fully saturated rings. The first-order valence-corrected chi connectivity index (χ1v) is 51.0. The number of rotatable bonds is 26. The third kappa shape index (κ3) is 56.0. The van der Waals surface area contributed by atoms with Crippen LogP contribution in [0.5, 0.6) is 0 Å². The molecule has 17 heteroatoms. The summed E-state index contributed by atoms with van der Waals surface area (Å²) in [6.07, 6.45) is 20.4. The number of benzene rings is 2. The third-order valence-electron chi connectivity index (χ3n) is 26.6. The molecule has 2 aromatic rings. The summed E-state index contributed by atoms with van der Waals surface area (Å²) in [6.45, 7) is 83.3. The molecule has 2 unspecified atom stereocenters. The monoisotopic (exact) mass is 1670 g/mol. The zero-order valence-electron chi connectivity index (χ0n) is 82.8. The molecule has 0 aromatic heterocycles.